The highest BCUT2D eigenvalue weighted by molar-refractivity contribution is 5.86. The van der Waals surface area contributed by atoms with Gasteiger partial charge in [-0.3, -0.25) is 10.3 Å². The molecule has 0 saturated carbocycles. The molecule has 0 bridgehead atoms. The van der Waals surface area contributed by atoms with Gasteiger partial charge >= 0.3 is 0 Å². The number of nitrogens with two attached hydrogens (primary N) is 1. The lowest BCUT2D eigenvalue weighted by atomic mass is 9.85. The summed E-state index contributed by atoms with van der Waals surface area (Å²) in [5, 5.41) is 21.2. The van der Waals surface area contributed by atoms with Gasteiger partial charge in [-0.1, -0.05) is 18.2 Å². The number of halogens is 2. The van der Waals surface area contributed by atoms with Crippen molar-refractivity contribution < 1.29 is 19.2 Å². The molecule has 0 aliphatic carbocycles. The summed E-state index contributed by atoms with van der Waals surface area (Å²) >= 11 is 0. The van der Waals surface area contributed by atoms with Crippen LogP contribution in [0.1, 0.15) is 16.7 Å². The Hall–Kier alpha value is -3.42. The Kier molecular flexibility index (Phi) is 4.92. The molecule has 4 rings (SSSR count). The molecule has 2 aromatic carbocycles. The number of benzene rings is 2. The van der Waals surface area contributed by atoms with Crippen LogP contribution in [0.25, 0.3) is 10.9 Å². The number of hydrogen-bond acceptors (Lipinski definition) is 3. The largest absolute Gasteiger partial charge is 0.375 e. The first-order valence-corrected chi connectivity index (χ1v) is 9.01. The number of nitrogens with one attached hydrogen (secondary N) is 2. The standard InChI is InChI=1S/C22H18F2N4O/c23-21(24)22(29,18-13-27-20-6-2-1-5-17(18)20)15-7-8-19(14(10-15)11-25)28-16-4-3-9-26-12-16/h1-13,21,25,27-29H/p+1. The Morgan fingerprint density at radius 2 is 1.97 bits per heavy atom. The number of hydrogen-bond donors (Lipinski definition) is 4. The van der Waals surface area contributed by atoms with Crippen molar-refractivity contribution in [3.05, 3.63) is 89.9 Å². The maximum absolute atomic E-state index is 14.2. The van der Waals surface area contributed by atoms with Crippen LogP contribution in [0, 0.1) is 5.41 Å². The normalized spacial score (nSPS) is 13.5. The molecule has 4 aromatic rings. The topological polar surface area (TPSA) is 89.4 Å². The van der Waals surface area contributed by atoms with Gasteiger partial charge in [-0.25, -0.2) is 8.78 Å². The van der Waals surface area contributed by atoms with Gasteiger partial charge in [0, 0.05) is 47.2 Å². The average molecular weight is 393 g/mol. The summed E-state index contributed by atoms with van der Waals surface area (Å²) in [6.45, 7) is 0. The fraction of sp³-hybridized carbons (Fsp3) is 0.0909. The fourth-order valence-corrected chi connectivity index (χ4v) is 3.50. The number of alkyl halides is 2. The van der Waals surface area contributed by atoms with E-state index in [4.69, 9.17) is 5.41 Å². The number of pyridine rings is 1. The Bertz CT molecular complexity index is 1160. The number of aromatic amines is 1. The Balaban J connectivity index is 1.81. The highest BCUT2D eigenvalue weighted by Crippen LogP contribution is 2.40. The van der Waals surface area contributed by atoms with E-state index in [9.17, 15) is 13.9 Å². The van der Waals surface area contributed by atoms with Gasteiger partial charge in [0.05, 0.1) is 11.8 Å². The van der Waals surface area contributed by atoms with Crippen LogP contribution in [0.15, 0.2) is 73.2 Å². The molecule has 0 amide bonds. The van der Waals surface area contributed by atoms with Crippen LogP contribution in [0.5, 0.6) is 0 Å². The third-order valence-electron chi connectivity index (χ3n) is 5.00. The minimum Gasteiger partial charge on any atom is -0.375 e. The third-order valence-corrected chi connectivity index (χ3v) is 5.00. The maximum atomic E-state index is 14.2. The van der Waals surface area contributed by atoms with Gasteiger partial charge in [0.2, 0.25) is 0 Å². The van der Waals surface area contributed by atoms with E-state index in [1.165, 1.54) is 18.3 Å². The molecule has 2 heterocycles. The van der Waals surface area contributed by atoms with Gasteiger partial charge in [0.1, 0.15) is 5.69 Å². The van der Waals surface area contributed by atoms with Crippen molar-refractivity contribution in [2.75, 3.05) is 0 Å². The molecule has 0 radical (unpaired) electrons. The van der Waals surface area contributed by atoms with Crippen LogP contribution in [0.3, 0.4) is 0 Å². The van der Waals surface area contributed by atoms with Crippen molar-refractivity contribution in [2.45, 2.75) is 12.0 Å². The summed E-state index contributed by atoms with van der Waals surface area (Å²) in [6.07, 6.45) is 2.77. The second-order valence-corrected chi connectivity index (χ2v) is 6.73. The monoisotopic (exact) mass is 393 g/mol. The fourth-order valence-electron chi connectivity index (χ4n) is 3.50. The van der Waals surface area contributed by atoms with E-state index in [0.29, 0.717) is 22.2 Å². The lowest BCUT2D eigenvalue weighted by molar-refractivity contribution is -0.479. The van der Waals surface area contributed by atoms with Crippen LogP contribution in [0.4, 0.5) is 20.2 Å². The summed E-state index contributed by atoms with van der Waals surface area (Å²) in [5.74, 6) is 0. The van der Waals surface area contributed by atoms with Crippen molar-refractivity contribution in [1.82, 2.24) is 9.97 Å². The molecule has 0 aliphatic heterocycles. The molecular weight excluding hydrogens is 374 g/mol. The van der Waals surface area contributed by atoms with Gasteiger partial charge in [-0.2, -0.15) is 0 Å². The zero-order valence-electron chi connectivity index (χ0n) is 15.3. The van der Waals surface area contributed by atoms with Gasteiger partial charge < -0.3 is 15.5 Å². The van der Waals surface area contributed by atoms with Crippen molar-refractivity contribution in [3.8, 4) is 0 Å². The molecule has 2 aromatic heterocycles. The van der Waals surface area contributed by atoms with E-state index < -0.39 is 12.0 Å². The van der Waals surface area contributed by atoms with Crippen molar-refractivity contribution in [2.24, 2.45) is 0 Å². The average Bonchev–Trinajstić information content (AvgIpc) is 3.18. The molecule has 0 aliphatic rings. The number of rotatable bonds is 6. The molecular formula is C22H19F2N4O+. The van der Waals surface area contributed by atoms with Gasteiger partial charge in [0.15, 0.2) is 11.3 Å². The smallest absolute Gasteiger partial charge is 0.275 e. The molecule has 0 spiro atoms. The molecule has 0 fully saturated rings. The summed E-state index contributed by atoms with van der Waals surface area (Å²) < 4.78 is 28.4. The molecule has 1 atom stereocenters. The number of fused-ring (bicyclic) bond motifs is 1. The Morgan fingerprint density at radius 1 is 1.14 bits per heavy atom. The van der Waals surface area contributed by atoms with Gasteiger partial charge in [-0.05, 0) is 29.8 Å². The maximum Gasteiger partial charge on any atom is 0.275 e. The van der Waals surface area contributed by atoms with Crippen LogP contribution < -0.4 is 5.32 Å². The predicted octanol–water partition coefficient (Wildman–Crippen LogP) is 3.59. The Labute approximate surface area is 165 Å². The van der Waals surface area contributed by atoms with Crippen LogP contribution in [-0.4, -0.2) is 27.7 Å². The highest BCUT2D eigenvalue weighted by Gasteiger charge is 2.43. The lowest BCUT2D eigenvalue weighted by Gasteiger charge is -2.28. The van der Waals surface area contributed by atoms with Crippen LogP contribution >= 0.6 is 0 Å². The number of quaternary nitrogens is 1. The number of aliphatic hydroxyl groups is 1. The van der Waals surface area contributed by atoms with Crippen LogP contribution in [0.2, 0.25) is 0 Å². The first-order valence-electron chi connectivity index (χ1n) is 9.01. The molecule has 5 N–H and O–H groups in total. The van der Waals surface area contributed by atoms with Crippen LogP contribution in [-0.2, 0) is 5.60 Å². The first-order chi connectivity index (χ1) is 14.0. The number of H-pyrrole nitrogens is 1. The zero-order chi connectivity index (χ0) is 20.4. The summed E-state index contributed by atoms with van der Waals surface area (Å²) in [7, 11) is 0. The molecule has 146 valence electrons. The second-order valence-electron chi connectivity index (χ2n) is 6.73. The van der Waals surface area contributed by atoms with Gasteiger partial charge in [0.25, 0.3) is 6.43 Å². The first kappa shape index (κ1) is 18.9. The number of aromatic nitrogens is 2. The zero-order valence-corrected chi connectivity index (χ0v) is 15.3. The van der Waals surface area contributed by atoms with E-state index in [-0.39, 0.29) is 11.1 Å². The molecule has 29 heavy (non-hydrogen) atoms. The lowest BCUT2D eigenvalue weighted by Crippen LogP contribution is -2.71. The van der Waals surface area contributed by atoms with Crippen molar-refractivity contribution in [3.63, 3.8) is 0 Å². The van der Waals surface area contributed by atoms with Crippen molar-refractivity contribution >= 4 is 28.5 Å². The highest BCUT2D eigenvalue weighted by atomic mass is 19.3. The third kappa shape index (κ3) is 3.30. The van der Waals surface area contributed by atoms with E-state index in [1.54, 1.807) is 48.8 Å². The quantitative estimate of drug-likeness (QED) is 0.298. The number of para-hydroxylation sites is 1. The van der Waals surface area contributed by atoms with E-state index in [1.807, 2.05) is 11.4 Å². The molecule has 5 nitrogen and oxygen atoms in total. The Morgan fingerprint density at radius 3 is 2.69 bits per heavy atom. The molecule has 0 saturated heterocycles. The van der Waals surface area contributed by atoms with Crippen molar-refractivity contribution in [1.29, 1.82) is 5.41 Å². The predicted molar refractivity (Wildman–Crippen MR) is 107 cm³/mol. The summed E-state index contributed by atoms with van der Waals surface area (Å²) in [5.41, 5.74) is 0.198. The minimum atomic E-state index is -3.06. The molecule has 7 heteroatoms. The molecule has 1 unspecified atom stereocenters. The SMILES string of the molecule is N=Cc1cc(C(O)(c2c[nH]c3ccccc23)C(F)F)ccc1[NH2+]c1cccnc1. The second kappa shape index (κ2) is 7.54. The van der Waals surface area contributed by atoms with E-state index >= 15 is 0 Å². The van der Waals surface area contributed by atoms with Gasteiger partial charge in [-0.15, -0.1) is 0 Å². The van der Waals surface area contributed by atoms with E-state index in [0.717, 1.165) is 11.9 Å². The summed E-state index contributed by atoms with van der Waals surface area (Å²) in [4.78, 5) is 6.99. The summed E-state index contributed by atoms with van der Waals surface area (Å²) in [6, 6.07) is 15.2. The number of nitrogens with zero attached hydrogens (tertiary/aromatic N) is 1. The minimum absolute atomic E-state index is 0.0269. The van der Waals surface area contributed by atoms with E-state index in [2.05, 4.69) is 9.97 Å².